The van der Waals surface area contributed by atoms with E-state index in [0.29, 0.717) is 13.0 Å². The number of fused-ring (bicyclic) bond motifs is 1. The number of hydrogen-bond donors (Lipinski definition) is 0. The second kappa shape index (κ2) is 5.42. The lowest BCUT2D eigenvalue weighted by molar-refractivity contribution is -0.116. The highest BCUT2D eigenvalue weighted by atomic mass is 16.5. The third-order valence-corrected chi connectivity index (χ3v) is 3.13. The molecule has 0 aliphatic carbocycles. The minimum Gasteiger partial charge on any atom is -0.494 e. The number of aryl methyl sites for hydroxylation is 1. The molecule has 1 aliphatic rings. The minimum absolute atomic E-state index is 0.201. The molecule has 0 fully saturated rings. The summed E-state index contributed by atoms with van der Waals surface area (Å²) in [6.45, 7) is 6.30. The van der Waals surface area contributed by atoms with Crippen molar-refractivity contribution in [2.24, 2.45) is 0 Å². The van der Waals surface area contributed by atoms with Gasteiger partial charge in [-0.05, 0) is 44.9 Å². The fourth-order valence-corrected chi connectivity index (χ4v) is 2.28. The fraction of sp³-hybridized carbons (Fsp3) is 0.533. The number of ketones is 1. The first kappa shape index (κ1) is 12.9. The van der Waals surface area contributed by atoms with Gasteiger partial charge in [-0.3, -0.25) is 0 Å². The molecule has 0 saturated carbocycles. The Balaban J connectivity index is 2.26. The Bertz CT molecular complexity index is 451. The van der Waals surface area contributed by atoms with Crippen molar-refractivity contribution >= 4 is 5.78 Å². The Labute approximate surface area is 108 Å². The van der Waals surface area contributed by atoms with Gasteiger partial charge in [0.05, 0.1) is 6.61 Å². The summed E-state index contributed by atoms with van der Waals surface area (Å²) >= 11 is 0. The zero-order valence-electron chi connectivity index (χ0n) is 11.3. The summed E-state index contributed by atoms with van der Waals surface area (Å²) in [4.78, 5) is 11.1. The Hall–Kier alpha value is -1.51. The third-order valence-electron chi connectivity index (χ3n) is 3.13. The van der Waals surface area contributed by atoms with Crippen LogP contribution >= 0.6 is 0 Å². The van der Waals surface area contributed by atoms with Gasteiger partial charge >= 0.3 is 0 Å². The molecule has 0 radical (unpaired) electrons. The van der Waals surface area contributed by atoms with Crippen LogP contribution < -0.4 is 9.47 Å². The van der Waals surface area contributed by atoms with E-state index in [1.807, 2.05) is 13.0 Å². The van der Waals surface area contributed by atoms with Crippen molar-refractivity contribution < 1.29 is 14.3 Å². The second-order valence-electron chi connectivity index (χ2n) is 4.84. The van der Waals surface area contributed by atoms with Gasteiger partial charge < -0.3 is 14.3 Å². The zero-order valence-corrected chi connectivity index (χ0v) is 11.3. The zero-order chi connectivity index (χ0) is 13.1. The Morgan fingerprint density at radius 1 is 1.50 bits per heavy atom. The monoisotopic (exact) mass is 248 g/mol. The van der Waals surface area contributed by atoms with Crippen molar-refractivity contribution in [3.63, 3.8) is 0 Å². The predicted octanol–water partition coefficient (Wildman–Crippen LogP) is 2.93. The lowest BCUT2D eigenvalue weighted by atomic mass is 10.0. The highest BCUT2D eigenvalue weighted by Gasteiger charge is 2.21. The van der Waals surface area contributed by atoms with Gasteiger partial charge in [0.15, 0.2) is 0 Å². The Morgan fingerprint density at radius 2 is 2.28 bits per heavy atom. The van der Waals surface area contributed by atoms with Crippen LogP contribution in [0.3, 0.4) is 0 Å². The minimum atomic E-state index is 0.201. The molecule has 1 aromatic rings. The van der Waals surface area contributed by atoms with Crippen molar-refractivity contribution in [3.8, 4) is 11.5 Å². The molecule has 3 heteroatoms. The van der Waals surface area contributed by atoms with E-state index in [1.54, 1.807) is 6.92 Å². The lowest BCUT2D eigenvalue weighted by Gasteiger charge is -2.12. The summed E-state index contributed by atoms with van der Waals surface area (Å²) in [6.07, 6.45) is 2.43. The standard InChI is InChI=1S/C15H20O3/c1-4-17-14-9-13-7-11(3)18-15(13)8-12(14)6-5-10(2)16/h8-9,11H,4-7H2,1-3H3. The molecule has 3 nitrogen and oxygen atoms in total. The Kier molecular flexibility index (Phi) is 3.90. The molecular formula is C15H20O3. The van der Waals surface area contributed by atoms with Crippen LogP contribution in [0, 0.1) is 0 Å². The molecule has 1 unspecified atom stereocenters. The number of benzene rings is 1. The number of rotatable bonds is 5. The molecular weight excluding hydrogens is 228 g/mol. The highest BCUT2D eigenvalue weighted by molar-refractivity contribution is 5.75. The molecule has 18 heavy (non-hydrogen) atoms. The van der Waals surface area contributed by atoms with Crippen molar-refractivity contribution in [1.29, 1.82) is 0 Å². The molecule has 1 heterocycles. The van der Waals surface area contributed by atoms with Crippen LogP contribution in [0.25, 0.3) is 0 Å². The van der Waals surface area contributed by atoms with Crippen LogP contribution in [0.2, 0.25) is 0 Å². The van der Waals surface area contributed by atoms with Gasteiger partial charge in [-0.1, -0.05) is 0 Å². The van der Waals surface area contributed by atoms with Crippen molar-refractivity contribution in [2.75, 3.05) is 6.61 Å². The molecule has 0 bridgehead atoms. The first-order valence-electron chi connectivity index (χ1n) is 6.54. The summed E-state index contributed by atoms with van der Waals surface area (Å²) < 4.78 is 11.4. The van der Waals surface area contributed by atoms with E-state index in [2.05, 4.69) is 13.0 Å². The smallest absolute Gasteiger partial charge is 0.130 e. The largest absolute Gasteiger partial charge is 0.494 e. The van der Waals surface area contributed by atoms with Crippen LogP contribution in [-0.2, 0) is 17.6 Å². The van der Waals surface area contributed by atoms with Gasteiger partial charge in [-0.25, -0.2) is 0 Å². The molecule has 0 saturated heterocycles. The fourth-order valence-electron chi connectivity index (χ4n) is 2.28. The number of Topliss-reactive ketones (excluding diaryl/α,β-unsaturated/α-hetero) is 1. The van der Waals surface area contributed by atoms with Gasteiger partial charge in [-0.15, -0.1) is 0 Å². The van der Waals surface area contributed by atoms with E-state index in [0.717, 1.165) is 29.9 Å². The van der Waals surface area contributed by atoms with Crippen LogP contribution in [0.4, 0.5) is 0 Å². The predicted molar refractivity (Wildman–Crippen MR) is 70.4 cm³/mol. The maximum Gasteiger partial charge on any atom is 0.130 e. The van der Waals surface area contributed by atoms with E-state index in [9.17, 15) is 4.79 Å². The van der Waals surface area contributed by atoms with Crippen molar-refractivity contribution in [1.82, 2.24) is 0 Å². The van der Waals surface area contributed by atoms with Crippen LogP contribution in [0.5, 0.6) is 11.5 Å². The molecule has 2 rings (SSSR count). The molecule has 1 atom stereocenters. The average molecular weight is 248 g/mol. The van der Waals surface area contributed by atoms with Gasteiger partial charge in [0, 0.05) is 18.4 Å². The molecule has 1 aliphatic heterocycles. The number of carbonyl (C=O) groups excluding carboxylic acids is 1. The Morgan fingerprint density at radius 3 is 2.94 bits per heavy atom. The second-order valence-corrected chi connectivity index (χ2v) is 4.84. The lowest BCUT2D eigenvalue weighted by Crippen LogP contribution is -2.05. The van der Waals surface area contributed by atoms with E-state index in [1.165, 1.54) is 5.56 Å². The van der Waals surface area contributed by atoms with Gasteiger partial charge in [0.2, 0.25) is 0 Å². The molecule has 0 N–H and O–H groups in total. The summed E-state index contributed by atoms with van der Waals surface area (Å²) in [5, 5.41) is 0. The first-order valence-corrected chi connectivity index (χ1v) is 6.54. The molecule has 0 aromatic heterocycles. The van der Waals surface area contributed by atoms with Crippen LogP contribution in [-0.4, -0.2) is 18.5 Å². The van der Waals surface area contributed by atoms with Crippen molar-refractivity contribution in [3.05, 3.63) is 23.3 Å². The van der Waals surface area contributed by atoms with E-state index in [4.69, 9.17) is 9.47 Å². The van der Waals surface area contributed by atoms with E-state index in [-0.39, 0.29) is 11.9 Å². The van der Waals surface area contributed by atoms with E-state index >= 15 is 0 Å². The number of ether oxygens (including phenoxy) is 2. The summed E-state index contributed by atoms with van der Waals surface area (Å²) in [7, 11) is 0. The summed E-state index contributed by atoms with van der Waals surface area (Å²) in [5.74, 6) is 2.05. The quantitative estimate of drug-likeness (QED) is 0.803. The van der Waals surface area contributed by atoms with Gasteiger partial charge in [0.25, 0.3) is 0 Å². The SMILES string of the molecule is CCOc1cc2c(cc1CCC(C)=O)OC(C)C2. The molecule has 0 amide bonds. The molecule has 0 spiro atoms. The summed E-state index contributed by atoms with van der Waals surface area (Å²) in [6, 6.07) is 4.10. The van der Waals surface area contributed by atoms with E-state index < -0.39 is 0 Å². The maximum atomic E-state index is 11.1. The van der Waals surface area contributed by atoms with Crippen LogP contribution in [0.1, 0.15) is 38.3 Å². The average Bonchev–Trinajstić information content (AvgIpc) is 2.65. The normalized spacial score (nSPS) is 17.2. The van der Waals surface area contributed by atoms with Crippen LogP contribution in [0.15, 0.2) is 12.1 Å². The molecule has 1 aromatic carbocycles. The number of hydrogen-bond acceptors (Lipinski definition) is 3. The van der Waals surface area contributed by atoms with Crippen molar-refractivity contribution in [2.45, 2.75) is 46.1 Å². The molecule has 98 valence electrons. The maximum absolute atomic E-state index is 11.1. The topological polar surface area (TPSA) is 35.5 Å². The first-order chi connectivity index (χ1) is 8.60. The summed E-state index contributed by atoms with van der Waals surface area (Å²) in [5.41, 5.74) is 2.28. The van der Waals surface area contributed by atoms with Gasteiger partial charge in [-0.2, -0.15) is 0 Å². The third kappa shape index (κ3) is 2.84. The highest BCUT2D eigenvalue weighted by Crippen LogP contribution is 2.35. The van der Waals surface area contributed by atoms with Gasteiger partial charge in [0.1, 0.15) is 23.4 Å². The number of carbonyl (C=O) groups is 1.